The summed E-state index contributed by atoms with van der Waals surface area (Å²) in [4.78, 5) is 18.4. The van der Waals surface area contributed by atoms with Gasteiger partial charge in [0.05, 0.1) is 5.92 Å². The molecule has 2 rings (SSSR count). The molecule has 1 unspecified atom stereocenters. The molecule has 1 aliphatic rings. The van der Waals surface area contributed by atoms with Crippen LogP contribution in [-0.4, -0.2) is 35.4 Å². The predicted molar refractivity (Wildman–Crippen MR) is 85.5 cm³/mol. The number of pyridine rings is 1. The standard InChI is InChI=1S/C14H21N3O.2ClH/c1-11(13-3-2-6-16-10-13)14(18)17-7-4-12(9-15)5-8-17;;/h2-3,6,10-12H,4-5,7-9,15H2,1H3;2*1H. The van der Waals surface area contributed by atoms with Crippen LogP contribution in [-0.2, 0) is 4.79 Å². The Morgan fingerprint density at radius 3 is 2.60 bits per heavy atom. The molecule has 0 spiro atoms. The summed E-state index contributed by atoms with van der Waals surface area (Å²) >= 11 is 0. The maximum Gasteiger partial charge on any atom is 0.229 e. The zero-order chi connectivity index (χ0) is 13.0. The summed E-state index contributed by atoms with van der Waals surface area (Å²) in [5.74, 6) is 0.689. The van der Waals surface area contributed by atoms with Gasteiger partial charge in [0, 0.05) is 25.5 Å². The first kappa shape index (κ1) is 19.2. The van der Waals surface area contributed by atoms with Crippen LogP contribution in [0.5, 0.6) is 0 Å². The van der Waals surface area contributed by atoms with Crippen molar-refractivity contribution in [1.29, 1.82) is 0 Å². The Balaban J connectivity index is 0.00000180. The average molecular weight is 320 g/mol. The average Bonchev–Trinajstić information content (AvgIpc) is 2.47. The van der Waals surface area contributed by atoms with Crippen molar-refractivity contribution in [2.75, 3.05) is 19.6 Å². The summed E-state index contributed by atoms with van der Waals surface area (Å²) in [5, 5.41) is 0. The lowest BCUT2D eigenvalue weighted by Crippen LogP contribution is -2.41. The highest BCUT2D eigenvalue weighted by molar-refractivity contribution is 5.85. The van der Waals surface area contributed by atoms with Crippen molar-refractivity contribution < 1.29 is 4.79 Å². The smallest absolute Gasteiger partial charge is 0.229 e. The van der Waals surface area contributed by atoms with Crippen molar-refractivity contribution in [2.24, 2.45) is 11.7 Å². The second-order valence-electron chi connectivity index (χ2n) is 5.01. The van der Waals surface area contributed by atoms with Crippen molar-refractivity contribution in [3.05, 3.63) is 30.1 Å². The SMILES string of the molecule is CC(C(=O)N1CCC(CN)CC1)c1cccnc1.Cl.Cl. The Morgan fingerprint density at radius 2 is 2.10 bits per heavy atom. The molecule has 1 amide bonds. The highest BCUT2D eigenvalue weighted by Crippen LogP contribution is 2.21. The third kappa shape index (κ3) is 4.62. The van der Waals surface area contributed by atoms with Gasteiger partial charge in [-0.1, -0.05) is 6.07 Å². The molecule has 6 heteroatoms. The molecular weight excluding hydrogens is 297 g/mol. The topological polar surface area (TPSA) is 59.2 Å². The summed E-state index contributed by atoms with van der Waals surface area (Å²) < 4.78 is 0. The number of carbonyl (C=O) groups excluding carboxylic acids is 1. The Kier molecular flexibility index (Phi) is 8.78. The summed E-state index contributed by atoms with van der Waals surface area (Å²) in [6.07, 6.45) is 5.56. The largest absolute Gasteiger partial charge is 0.342 e. The first-order chi connectivity index (χ1) is 8.72. The van der Waals surface area contributed by atoms with E-state index in [0.717, 1.165) is 38.0 Å². The molecular formula is C14H23Cl2N3O. The molecule has 4 nitrogen and oxygen atoms in total. The maximum absolute atomic E-state index is 12.4. The van der Waals surface area contributed by atoms with Crippen LogP contribution in [0.3, 0.4) is 0 Å². The number of nitrogens with two attached hydrogens (primary N) is 1. The molecule has 0 aliphatic carbocycles. The van der Waals surface area contributed by atoms with Crippen LogP contribution >= 0.6 is 24.8 Å². The Labute approximate surface area is 132 Å². The Bertz CT molecular complexity index is 395. The van der Waals surface area contributed by atoms with E-state index >= 15 is 0 Å². The lowest BCUT2D eigenvalue weighted by molar-refractivity contribution is -0.133. The number of piperidine rings is 1. The zero-order valence-corrected chi connectivity index (χ0v) is 13.3. The van der Waals surface area contributed by atoms with Gasteiger partial charge < -0.3 is 10.6 Å². The van der Waals surface area contributed by atoms with E-state index in [4.69, 9.17) is 5.73 Å². The van der Waals surface area contributed by atoms with Crippen molar-refractivity contribution in [3.8, 4) is 0 Å². The molecule has 0 aromatic carbocycles. The van der Waals surface area contributed by atoms with Gasteiger partial charge >= 0.3 is 0 Å². The summed E-state index contributed by atoms with van der Waals surface area (Å²) in [6, 6.07) is 3.84. The first-order valence-corrected chi connectivity index (χ1v) is 6.61. The number of carbonyl (C=O) groups is 1. The van der Waals surface area contributed by atoms with Gasteiger partial charge in [0.2, 0.25) is 5.91 Å². The van der Waals surface area contributed by atoms with E-state index in [9.17, 15) is 4.79 Å². The molecule has 20 heavy (non-hydrogen) atoms. The van der Waals surface area contributed by atoms with Gasteiger partial charge in [0.25, 0.3) is 0 Å². The molecule has 1 aliphatic heterocycles. The lowest BCUT2D eigenvalue weighted by Gasteiger charge is -2.33. The fourth-order valence-corrected chi connectivity index (χ4v) is 2.44. The van der Waals surface area contributed by atoms with Gasteiger partial charge in [0.1, 0.15) is 0 Å². The molecule has 1 saturated heterocycles. The van der Waals surface area contributed by atoms with Crippen LogP contribution in [0.15, 0.2) is 24.5 Å². The fourth-order valence-electron chi connectivity index (χ4n) is 2.44. The monoisotopic (exact) mass is 319 g/mol. The van der Waals surface area contributed by atoms with Crippen molar-refractivity contribution in [1.82, 2.24) is 9.88 Å². The number of aromatic nitrogens is 1. The Morgan fingerprint density at radius 1 is 1.45 bits per heavy atom. The summed E-state index contributed by atoms with van der Waals surface area (Å²) in [6.45, 7) is 4.37. The lowest BCUT2D eigenvalue weighted by atomic mass is 9.95. The number of halogens is 2. The third-order valence-corrected chi connectivity index (χ3v) is 3.81. The fraction of sp³-hybridized carbons (Fsp3) is 0.571. The minimum Gasteiger partial charge on any atom is -0.342 e. The molecule has 1 aromatic heterocycles. The highest BCUT2D eigenvalue weighted by Gasteiger charge is 2.26. The number of likely N-dealkylation sites (tertiary alicyclic amines) is 1. The highest BCUT2D eigenvalue weighted by atomic mass is 35.5. The van der Waals surface area contributed by atoms with Gasteiger partial charge in [-0.15, -0.1) is 24.8 Å². The van der Waals surface area contributed by atoms with Crippen LogP contribution in [0.4, 0.5) is 0 Å². The molecule has 1 aromatic rings. The van der Waals surface area contributed by atoms with E-state index < -0.39 is 0 Å². The van der Waals surface area contributed by atoms with Gasteiger partial charge in [0.15, 0.2) is 0 Å². The summed E-state index contributed by atoms with van der Waals surface area (Å²) in [5.41, 5.74) is 6.65. The van der Waals surface area contributed by atoms with Crippen LogP contribution in [0, 0.1) is 5.92 Å². The van der Waals surface area contributed by atoms with Crippen molar-refractivity contribution in [2.45, 2.75) is 25.7 Å². The van der Waals surface area contributed by atoms with E-state index in [1.165, 1.54) is 0 Å². The van der Waals surface area contributed by atoms with Gasteiger partial charge in [-0.3, -0.25) is 9.78 Å². The minimum atomic E-state index is -0.104. The number of nitrogens with zero attached hydrogens (tertiary/aromatic N) is 2. The normalized spacial score (nSPS) is 16.8. The number of amides is 1. The van der Waals surface area contributed by atoms with Crippen LogP contribution in [0.25, 0.3) is 0 Å². The quantitative estimate of drug-likeness (QED) is 0.929. The van der Waals surface area contributed by atoms with E-state index in [0.29, 0.717) is 5.92 Å². The number of rotatable bonds is 3. The van der Waals surface area contributed by atoms with Gasteiger partial charge in [-0.25, -0.2) is 0 Å². The molecule has 2 heterocycles. The van der Waals surface area contributed by atoms with Crippen LogP contribution in [0.2, 0.25) is 0 Å². The first-order valence-electron chi connectivity index (χ1n) is 6.61. The van der Waals surface area contributed by atoms with Crippen LogP contribution in [0.1, 0.15) is 31.2 Å². The van der Waals surface area contributed by atoms with Gasteiger partial charge in [-0.2, -0.15) is 0 Å². The summed E-state index contributed by atoms with van der Waals surface area (Å²) in [7, 11) is 0. The predicted octanol–water partition coefficient (Wildman–Crippen LogP) is 2.23. The van der Waals surface area contributed by atoms with Gasteiger partial charge in [-0.05, 0) is 43.9 Å². The van der Waals surface area contributed by atoms with Crippen LogP contribution < -0.4 is 5.73 Å². The molecule has 1 atom stereocenters. The molecule has 0 radical (unpaired) electrons. The van der Waals surface area contributed by atoms with Crippen molar-refractivity contribution >= 4 is 30.7 Å². The third-order valence-electron chi connectivity index (χ3n) is 3.81. The number of hydrogen-bond donors (Lipinski definition) is 1. The van der Waals surface area contributed by atoms with E-state index in [1.807, 2.05) is 24.0 Å². The molecule has 114 valence electrons. The minimum absolute atomic E-state index is 0. The number of hydrogen-bond acceptors (Lipinski definition) is 3. The Hall–Kier alpha value is -0.840. The van der Waals surface area contributed by atoms with E-state index in [2.05, 4.69) is 4.98 Å². The van der Waals surface area contributed by atoms with E-state index in [-0.39, 0.29) is 36.6 Å². The second-order valence-corrected chi connectivity index (χ2v) is 5.01. The van der Waals surface area contributed by atoms with E-state index in [1.54, 1.807) is 12.4 Å². The second kappa shape index (κ2) is 9.16. The molecule has 1 fully saturated rings. The molecule has 0 bridgehead atoms. The molecule has 2 N–H and O–H groups in total. The zero-order valence-electron chi connectivity index (χ0n) is 11.7. The maximum atomic E-state index is 12.4. The van der Waals surface area contributed by atoms with Crippen molar-refractivity contribution in [3.63, 3.8) is 0 Å². The molecule has 0 saturated carbocycles.